The Bertz CT molecular complexity index is 2690. The highest BCUT2D eigenvalue weighted by Crippen LogP contribution is 2.34. The lowest BCUT2D eigenvalue weighted by molar-refractivity contribution is -0.136. The van der Waals surface area contributed by atoms with Crippen LogP contribution in [0, 0.1) is 17.6 Å². The van der Waals surface area contributed by atoms with E-state index in [4.69, 9.17) is 4.74 Å². The molecular formula is C42H38F3N7O7S. The molecule has 2 aromatic heterocycles. The number of nitrogens with zero attached hydrogens (tertiary/aromatic N) is 4. The Kier molecular flexibility index (Phi) is 10.1. The van der Waals surface area contributed by atoms with Crippen molar-refractivity contribution in [2.24, 2.45) is 5.92 Å². The maximum absolute atomic E-state index is 15.7. The van der Waals surface area contributed by atoms with Crippen LogP contribution in [0.3, 0.4) is 0 Å². The molecule has 6 heterocycles. The number of anilines is 2. The van der Waals surface area contributed by atoms with Crippen molar-refractivity contribution >= 4 is 56.1 Å². The Morgan fingerprint density at radius 2 is 1.77 bits per heavy atom. The summed E-state index contributed by atoms with van der Waals surface area (Å²) in [5, 5.41) is 2.62. The Morgan fingerprint density at radius 3 is 2.53 bits per heavy atom. The van der Waals surface area contributed by atoms with Crippen molar-refractivity contribution in [1.29, 1.82) is 0 Å². The van der Waals surface area contributed by atoms with Crippen LogP contribution in [0.25, 0.3) is 22.2 Å². The molecule has 310 valence electrons. The number of hydrogen-bond donors (Lipinski definition) is 3. The van der Waals surface area contributed by atoms with Gasteiger partial charge >= 0.3 is 10.2 Å². The molecule has 0 saturated carbocycles. The predicted molar refractivity (Wildman–Crippen MR) is 213 cm³/mol. The molecule has 60 heavy (non-hydrogen) atoms. The quantitative estimate of drug-likeness (QED) is 0.121. The first-order valence-corrected chi connectivity index (χ1v) is 20.9. The normalized spacial score (nSPS) is 20.9. The van der Waals surface area contributed by atoms with Crippen molar-refractivity contribution in [3.8, 4) is 16.9 Å². The summed E-state index contributed by atoms with van der Waals surface area (Å²) in [5.41, 5.74) is 2.37. The van der Waals surface area contributed by atoms with Crippen molar-refractivity contribution in [1.82, 2.24) is 24.5 Å². The fraction of sp³-hybridized carbons (Fsp3) is 0.310. The van der Waals surface area contributed by atoms with Gasteiger partial charge in [0.05, 0.1) is 17.9 Å². The highest BCUT2D eigenvalue weighted by atomic mass is 32.2. The number of amides is 3. The maximum atomic E-state index is 15.7. The average molecular weight is 842 g/mol. The van der Waals surface area contributed by atoms with Crippen molar-refractivity contribution in [3.05, 3.63) is 107 Å². The first kappa shape index (κ1) is 39.2. The zero-order valence-electron chi connectivity index (χ0n) is 31.9. The van der Waals surface area contributed by atoms with Gasteiger partial charge in [0.25, 0.3) is 5.91 Å². The summed E-state index contributed by atoms with van der Waals surface area (Å²) in [6, 6.07) is 15.7. The van der Waals surface area contributed by atoms with Gasteiger partial charge in [-0.15, -0.1) is 0 Å². The Morgan fingerprint density at radius 1 is 0.950 bits per heavy atom. The van der Waals surface area contributed by atoms with Crippen molar-refractivity contribution in [2.45, 2.75) is 44.4 Å². The first-order valence-electron chi connectivity index (χ1n) is 19.5. The third-order valence-corrected chi connectivity index (χ3v) is 13.1. The number of hydrogen-bond acceptors (Lipinski definition) is 9. The van der Waals surface area contributed by atoms with Crippen LogP contribution in [0.5, 0.6) is 5.75 Å². The largest absolute Gasteiger partial charge is 0.493 e. The molecule has 3 N–H and O–H groups in total. The molecule has 18 heteroatoms. The Labute approximate surface area is 341 Å². The number of carbonyl (C=O) groups excluding carboxylic acids is 4. The van der Waals surface area contributed by atoms with E-state index in [-0.39, 0.29) is 42.7 Å². The topological polar surface area (TPSA) is 174 Å². The number of ketones is 1. The van der Waals surface area contributed by atoms with Crippen LogP contribution in [-0.4, -0.2) is 96.1 Å². The summed E-state index contributed by atoms with van der Waals surface area (Å²) in [6.07, 6.45) is 2.92. The number of carbonyl (C=O) groups is 4. The number of fused-ring (bicyclic) bond motifs is 2. The number of H-pyrrole nitrogens is 1. The van der Waals surface area contributed by atoms with Crippen LogP contribution in [0.1, 0.15) is 57.5 Å². The summed E-state index contributed by atoms with van der Waals surface area (Å²) < 4.78 is 79.0. The second-order valence-electron chi connectivity index (χ2n) is 15.5. The first-order chi connectivity index (χ1) is 28.8. The number of nitrogens with one attached hydrogen (secondary N) is 3. The van der Waals surface area contributed by atoms with Gasteiger partial charge in [-0.05, 0) is 78.9 Å². The van der Waals surface area contributed by atoms with Gasteiger partial charge in [0, 0.05) is 85.2 Å². The van der Waals surface area contributed by atoms with Crippen LogP contribution >= 0.6 is 0 Å². The number of aromatic amines is 1. The number of benzene rings is 3. The summed E-state index contributed by atoms with van der Waals surface area (Å²) in [4.78, 5) is 61.9. The lowest BCUT2D eigenvalue weighted by atomic mass is 10.00. The van der Waals surface area contributed by atoms with E-state index in [1.165, 1.54) is 6.20 Å². The minimum absolute atomic E-state index is 0.00576. The van der Waals surface area contributed by atoms with E-state index in [0.29, 0.717) is 47.5 Å². The minimum atomic E-state index is -4.36. The Balaban J connectivity index is 0.837. The van der Waals surface area contributed by atoms with Gasteiger partial charge in [-0.25, -0.2) is 18.2 Å². The van der Waals surface area contributed by atoms with Gasteiger partial charge in [0.1, 0.15) is 29.4 Å². The van der Waals surface area contributed by atoms with Gasteiger partial charge in [-0.1, -0.05) is 12.1 Å². The van der Waals surface area contributed by atoms with E-state index in [9.17, 15) is 32.0 Å². The molecule has 0 unspecified atom stereocenters. The van der Waals surface area contributed by atoms with Crippen LogP contribution < -0.4 is 19.7 Å². The van der Waals surface area contributed by atoms with E-state index in [1.807, 2.05) is 41.1 Å². The molecule has 3 amide bonds. The third kappa shape index (κ3) is 7.33. The second-order valence-corrected chi connectivity index (χ2v) is 17.1. The fourth-order valence-corrected chi connectivity index (χ4v) is 9.62. The van der Waals surface area contributed by atoms with E-state index in [2.05, 4.69) is 20.2 Å². The van der Waals surface area contributed by atoms with Gasteiger partial charge in [-0.3, -0.25) is 29.2 Å². The summed E-state index contributed by atoms with van der Waals surface area (Å²) in [5.74, 6) is -3.71. The number of pyridine rings is 1. The monoisotopic (exact) mass is 841 g/mol. The molecule has 0 spiro atoms. The molecule has 3 fully saturated rings. The number of rotatable bonds is 11. The molecule has 3 aromatic carbocycles. The molecule has 0 bridgehead atoms. The lowest BCUT2D eigenvalue weighted by Crippen LogP contribution is -2.52. The fourth-order valence-electron chi connectivity index (χ4n) is 8.35. The zero-order chi connectivity index (χ0) is 41.9. The smallest absolute Gasteiger partial charge is 0.301 e. The van der Waals surface area contributed by atoms with E-state index >= 15 is 8.78 Å². The van der Waals surface area contributed by atoms with Crippen molar-refractivity contribution < 1.29 is 45.5 Å². The number of piperidine rings is 1. The summed E-state index contributed by atoms with van der Waals surface area (Å²) >= 11 is 0. The highest BCUT2D eigenvalue weighted by molar-refractivity contribution is 7.90. The Hall–Kier alpha value is -6.27. The highest BCUT2D eigenvalue weighted by Gasteiger charge is 2.40. The molecule has 3 atom stereocenters. The lowest BCUT2D eigenvalue weighted by Gasteiger charge is -2.29. The number of halogens is 3. The average Bonchev–Trinajstić information content (AvgIpc) is 4.05. The molecule has 0 radical (unpaired) electrons. The van der Waals surface area contributed by atoms with Crippen molar-refractivity contribution in [2.75, 3.05) is 42.4 Å². The SMILES string of the molecule is O=C1CC[C@H](N2Cc3cc(N4CC[C@@H](COc5ccc(-c6cnc7[nH]cc(C(=O)c8c(F)ccc(NS(=O)(=O)N9CC[C@@H](F)C9)c8F)c7c6)cc5)C4)ccc3C2=O)C(=O)N1. The number of ether oxygens (including phenoxy) is 1. The second kappa shape index (κ2) is 15.4. The molecular weight excluding hydrogens is 804 g/mol. The van der Waals surface area contributed by atoms with Gasteiger partial charge in [0.2, 0.25) is 17.6 Å². The summed E-state index contributed by atoms with van der Waals surface area (Å²) in [6.45, 7) is 1.83. The van der Waals surface area contributed by atoms with E-state index in [0.717, 1.165) is 52.8 Å². The molecule has 0 aliphatic carbocycles. The number of aromatic nitrogens is 2. The van der Waals surface area contributed by atoms with E-state index in [1.54, 1.807) is 23.2 Å². The van der Waals surface area contributed by atoms with Crippen LogP contribution in [0.2, 0.25) is 0 Å². The maximum Gasteiger partial charge on any atom is 0.301 e. The van der Waals surface area contributed by atoms with Crippen LogP contribution in [-0.2, 0) is 26.3 Å². The number of imide groups is 1. The third-order valence-electron chi connectivity index (χ3n) is 11.6. The molecule has 9 rings (SSSR count). The molecule has 5 aromatic rings. The van der Waals surface area contributed by atoms with Gasteiger partial charge < -0.3 is 19.5 Å². The van der Waals surface area contributed by atoms with Crippen LogP contribution in [0.4, 0.5) is 24.5 Å². The van der Waals surface area contributed by atoms with E-state index < -0.39 is 63.5 Å². The molecule has 4 aliphatic rings. The van der Waals surface area contributed by atoms with Gasteiger partial charge in [-0.2, -0.15) is 12.7 Å². The molecule has 4 aliphatic heterocycles. The van der Waals surface area contributed by atoms with Gasteiger partial charge in [0.15, 0.2) is 5.82 Å². The minimum Gasteiger partial charge on any atom is -0.493 e. The van der Waals surface area contributed by atoms with Crippen LogP contribution in [0.15, 0.2) is 73.1 Å². The summed E-state index contributed by atoms with van der Waals surface area (Å²) in [7, 11) is -4.36. The molecule has 3 saturated heterocycles. The predicted octanol–water partition coefficient (Wildman–Crippen LogP) is 5.11. The zero-order valence-corrected chi connectivity index (χ0v) is 32.7. The standard InChI is InChI=1S/C42H38F3N7O7S/c43-27-12-14-51(21-27)60(57,58)49-34-8-7-33(44)37(38(34)45)39(54)32-18-47-40-31(32)16-25(17-46-40)24-1-4-29(5-2-24)59-22-23-11-13-50(19-23)28-3-6-30-26(15-28)20-52(42(30)56)35-9-10-36(53)48-41(35)55/h1-8,15-18,23,27,35,49H,9-14,19-22H2,(H,46,47)(H,48,53,55)/t23-,27-,35+/m1/s1. The number of alkyl halides is 1. The molecule has 14 nitrogen and oxygen atoms in total. The van der Waals surface area contributed by atoms with Crippen molar-refractivity contribution in [3.63, 3.8) is 0 Å².